The van der Waals surface area contributed by atoms with Crippen LogP contribution in [0, 0.1) is 0 Å². The maximum absolute atomic E-state index is 9.30. The van der Waals surface area contributed by atoms with Gasteiger partial charge in [-0.3, -0.25) is 0 Å². The summed E-state index contributed by atoms with van der Waals surface area (Å²) in [6.07, 6.45) is 1.74. The van der Waals surface area contributed by atoms with Crippen molar-refractivity contribution in [2.24, 2.45) is 0 Å². The molecule has 0 aliphatic rings. The minimum Gasteiger partial charge on any atom is -0.392 e. The first-order chi connectivity index (χ1) is 8.20. The summed E-state index contributed by atoms with van der Waals surface area (Å²) in [6.45, 7) is -0.0709. The van der Waals surface area contributed by atoms with Crippen LogP contribution in [0.1, 0.15) is 5.56 Å². The fourth-order valence-electron chi connectivity index (χ4n) is 1.32. The number of hydrogen-bond donors (Lipinski definition) is 1. The van der Waals surface area contributed by atoms with E-state index in [2.05, 4.69) is 20.9 Å². The molecule has 1 N–H and O–H groups in total. The number of rotatable bonds is 3. The highest BCUT2D eigenvalue weighted by Crippen LogP contribution is 2.33. The third kappa shape index (κ3) is 3.22. The summed E-state index contributed by atoms with van der Waals surface area (Å²) in [4.78, 5) is 5.20. The molecular formula is C12H9BrClNOS. The van der Waals surface area contributed by atoms with Crippen molar-refractivity contribution < 1.29 is 5.11 Å². The quantitative estimate of drug-likeness (QED) is 0.918. The van der Waals surface area contributed by atoms with E-state index in [1.54, 1.807) is 12.3 Å². The Bertz CT molecular complexity index is 518. The number of halogens is 2. The Morgan fingerprint density at radius 1 is 1.29 bits per heavy atom. The van der Waals surface area contributed by atoms with Gasteiger partial charge in [-0.2, -0.15) is 0 Å². The molecule has 0 fully saturated rings. The third-order valence-electron chi connectivity index (χ3n) is 2.15. The van der Waals surface area contributed by atoms with Gasteiger partial charge in [0.2, 0.25) is 0 Å². The van der Waals surface area contributed by atoms with E-state index in [-0.39, 0.29) is 6.61 Å². The monoisotopic (exact) mass is 329 g/mol. The van der Waals surface area contributed by atoms with Crippen LogP contribution in [0.2, 0.25) is 5.02 Å². The SMILES string of the molecule is OCc1c(Cl)cccc1Sc1ccc(Br)cn1. The predicted molar refractivity (Wildman–Crippen MR) is 73.4 cm³/mol. The van der Waals surface area contributed by atoms with Gasteiger partial charge in [-0.1, -0.05) is 29.4 Å². The van der Waals surface area contributed by atoms with Crippen LogP contribution in [0.25, 0.3) is 0 Å². The van der Waals surface area contributed by atoms with Gasteiger partial charge in [0.05, 0.1) is 6.61 Å². The maximum Gasteiger partial charge on any atom is 0.101 e. The Morgan fingerprint density at radius 3 is 2.76 bits per heavy atom. The molecule has 2 nitrogen and oxygen atoms in total. The highest BCUT2D eigenvalue weighted by molar-refractivity contribution is 9.10. The molecule has 0 spiro atoms. The van der Waals surface area contributed by atoms with Crippen LogP contribution in [0.3, 0.4) is 0 Å². The molecular weight excluding hydrogens is 322 g/mol. The molecule has 0 atom stereocenters. The summed E-state index contributed by atoms with van der Waals surface area (Å²) in [5, 5.41) is 10.7. The van der Waals surface area contributed by atoms with Crippen molar-refractivity contribution in [2.45, 2.75) is 16.5 Å². The molecule has 17 heavy (non-hydrogen) atoms. The Labute approximate surface area is 117 Å². The largest absolute Gasteiger partial charge is 0.392 e. The molecule has 0 aliphatic heterocycles. The van der Waals surface area contributed by atoms with Gasteiger partial charge in [0.15, 0.2) is 0 Å². The van der Waals surface area contributed by atoms with Gasteiger partial charge in [-0.15, -0.1) is 0 Å². The molecule has 0 aliphatic carbocycles. The number of aliphatic hydroxyl groups is 1. The third-order valence-corrected chi connectivity index (χ3v) is 4.02. The number of nitrogens with zero attached hydrogens (tertiary/aromatic N) is 1. The zero-order valence-electron chi connectivity index (χ0n) is 8.73. The number of pyridine rings is 1. The summed E-state index contributed by atoms with van der Waals surface area (Å²) in [6, 6.07) is 9.40. The molecule has 2 aromatic rings. The number of aliphatic hydroxyl groups excluding tert-OH is 1. The van der Waals surface area contributed by atoms with Crippen LogP contribution in [0.5, 0.6) is 0 Å². The molecule has 0 unspecified atom stereocenters. The van der Waals surface area contributed by atoms with Crippen LogP contribution >= 0.6 is 39.3 Å². The van der Waals surface area contributed by atoms with Crippen molar-refractivity contribution in [1.82, 2.24) is 4.98 Å². The Balaban J connectivity index is 2.29. The molecule has 0 amide bonds. The second-order valence-corrected chi connectivity index (χ2v) is 5.68. The van der Waals surface area contributed by atoms with Crippen LogP contribution in [-0.4, -0.2) is 10.1 Å². The lowest BCUT2D eigenvalue weighted by atomic mass is 10.2. The summed E-state index contributed by atoms with van der Waals surface area (Å²) in [5.74, 6) is 0. The maximum atomic E-state index is 9.30. The van der Waals surface area contributed by atoms with Gasteiger partial charge >= 0.3 is 0 Å². The number of benzene rings is 1. The average Bonchev–Trinajstić information content (AvgIpc) is 2.32. The van der Waals surface area contributed by atoms with E-state index >= 15 is 0 Å². The van der Waals surface area contributed by atoms with Crippen molar-refractivity contribution in [1.29, 1.82) is 0 Å². The van der Waals surface area contributed by atoms with E-state index in [0.717, 1.165) is 20.0 Å². The molecule has 0 radical (unpaired) electrons. The number of aromatic nitrogens is 1. The zero-order chi connectivity index (χ0) is 12.3. The highest BCUT2D eigenvalue weighted by Gasteiger charge is 2.08. The number of hydrogen-bond acceptors (Lipinski definition) is 3. The first-order valence-electron chi connectivity index (χ1n) is 4.88. The molecule has 1 aromatic heterocycles. The van der Waals surface area contributed by atoms with Crippen molar-refractivity contribution in [2.75, 3.05) is 0 Å². The zero-order valence-corrected chi connectivity index (χ0v) is 11.9. The lowest BCUT2D eigenvalue weighted by molar-refractivity contribution is 0.279. The van der Waals surface area contributed by atoms with Crippen LogP contribution in [-0.2, 0) is 6.61 Å². The summed E-state index contributed by atoms with van der Waals surface area (Å²) < 4.78 is 0.940. The fraction of sp³-hybridized carbons (Fsp3) is 0.0833. The normalized spacial score (nSPS) is 10.5. The molecule has 1 aromatic carbocycles. The molecule has 88 valence electrons. The standard InChI is InChI=1S/C12H9BrClNOS/c13-8-4-5-12(15-6-8)17-11-3-1-2-10(14)9(11)7-16/h1-6,16H,7H2. The van der Waals surface area contributed by atoms with Crippen molar-refractivity contribution in [3.63, 3.8) is 0 Å². The summed E-state index contributed by atoms with van der Waals surface area (Å²) in [5.41, 5.74) is 0.740. The van der Waals surface area contributed by atoms with Gasteiger partial charge in [-0.05, 0) is 40.2 Å². The van der Waals surface area contributed by atoms with Crippen molar-refractivity contribution in [3.05, 3.63) is 51.6 Å². The lowest BCUT2D eigenvalue weighted by Gasteiger charge is -2.08. The van der Waals surface area contributed by atoms with E-state index in [1.807, 2.05) is 24.3 Å². The van der Waals surface area contributed by atoms with Crippen molar-refractivity contribution in [3.8, 4) is 0 Å². The molecule has 0 bridgehead atoms. The van der Waals surface area contributed by atoms with Gasteiger partial charge in [0.25, 0.3) is 0 Å². The molecule has 5 heteroatoms. The molecule has 0 saturated heterocycles. The predicted octanol–water partition coefficient (Wildman–Crippen LogP) is 4.14. The van der Waals surface area contributed by atoms with E-state index < -0.39 is 0 Å². The van der Waals surface area contributed by atoms with E-state index in [0.29, 0.717) is 5.02 Å². The smallest absolute Gasteiger partial charge is 0.101 e. The van der Waals surface area contributed by atoms with E-state index in [9.17, 15) is 5.11 Å². The fourth-order valence-corrected chi connectivity index (χ4v) is 2.76. The van der Waals surface area contributed by atoms with Gasteiger partial charge < -0.3 is 5.11 Å². The Hall–Kier alpha value is -0.550. The van der Waals surface area contributed by atoms with Gasteiger partial charge in [0.1, 0.15) is 5.03 Å². The second kappa shape index (κ2) is 5.87. The van der Waals surface area contributed by atoms with Crippen LogP contribution in [0.15, 0.2) is 50.9 Å². The average molecular weight is 331 g/mol. The highest BCUT2D eigenvalue weighted by atomic mass is 79.9. The first-order valence-corrected chi connectivity index (χ1v) is 6.87. The molecule has 0 saturated carbocycles. The Morgan fingerprint density at radius 2 is 2.12 bits per heavy atom. The van der Waals surface area contributed by atoms with E-state index in [1.165, 1.54) is 11.8 Å². The van der Waals surface area contributed by atoms with Crippen LogP contribution in [0.4, 0.5) is 0 Å². The van der Waals surface area contributed by atoms with Crippen molar-refractivity contribution >= 4 is 39.3 Å². The second-order valence-electron chi connectivity index (χ2n) is 3.29. The Kier molecular flexibility index (Phi) is 4.45. The first kappa shape index (κ1) is 12.9. The van der Waals surface area contributed by atoms with Gasteiger partial charge in [0, 0.05) is 26.2 Å². The summed E-state index contributed by atoms with van der Waals surface area (Å²) >= 11 is 10.8. The van der Waals surface area contributed by atoms with E-state index in [4.69, 9.17) is 11.6 Å². The lowest BCUT2D eigenvalue weighted by Crippen LogP contribution is -1.89. The summed E-state index contributed by atoms with van der Waals surface area (Å²) in [7, 11) is 0. The van der Waals surface area contributed by atoms with Gasteiger partial charge in [-0.25, -0.2) is 4.98 Å². The topological polar surface area (TPSA) is 33.1 Å². The molecule has 1 heterocycles. The minimum absolute atomic E-state index is 0.0709. The molecule has 2 rings (SSSR count). The van der Waals surface area contributed by atoms with Crippen LogP contribution < -0.4 is 0 Å². The minimum atomic E-state index is -0.0709.